The molecule has 6 heteroatoms. The first-order valence-electron chi connectivity index (χ1n) is 4.66. The standard InChI is InChI=1S/C9H16N2O4/c1-5-6-14-7(12)10-11-8(13)15-9(2,3)4/h5-6H2,1-4H3. The van der Waals surface area contributed by atoms with Crippen molar-refractivity contribution >= 4 is 12.2 Å². The van der Waals surface area contributed by atoms with Crippen LogP contribution in [0.2, 0.25) is 0 Å². The summed E-state index contributed by atoms with van der Waals surface area (Å²) in [6, 6.07) is 0. The van der Waals surface area contributed by atoms with Crippen molar-refractivity contribution in [2.45, 2.75) is 39.7 Å². The van der Waals surface area contributed by atoms with Gasteiger partial charge in [0, 0.05) is 0 Å². The van der Waals surface area contributed by atoms with Gasteiger partial charge in [-0.2, -0.15) is 0 Å². The van der Waals surface area contributed by atoms with E-state index in [1.54, 1.807) is 20.8 Å². The first kappa shape index (κ1) is 13.5. The smallest absolute Gasteiger partial charge is 0.447 e. The van der Waals surface area contributed by atoms with Crippen molar-refractivity contribution in [1.82, 2.24) is 0 Å². The summed E-state index contributed by atoms with van der Waals surface area (Å²) in [5.41, 5.74) is -0.649. The molecule has 0 aliphatic carbocycles. The SMILES string of the molecule is CCCOC(=O)N=NC(=O)OC(C)(C)C. The number of rotatable bonds is 2. The van der Waals surface area contributed by atoms with Crippen molar-refractivity contribution in [1.29, 1.82) is 0 Å². The van der Waals surface area contributed by atoms with Crippen LogP contribution in [-0.2, 0) is 9.47 Å². The highest BCUT2D eigenvalue weighted by atomic mass is 16.6. The van der Waals surface area contributed by atoms with Crippen LogP contribution in [0.5, 0.6) is 0 Å². The highest BCUT2D eigenvalue weighted by Gasteiger charge is 2.15. The lowest BCUT2D eigenvalue weighted by Gasteiger charge is -2.16. The van der Waals surface area contributed by atoms with Gasteiger partial charge in [0.2, 0.25) is 0 Å². The molecule has 0 saturated carbocycles. The molecule has 0 saturated heterocycles. The summed E-state index contributed by atoms with van der Waals surface area (Å²) in [7, 11) is 0. The third kappa shape index (κ3) is 8.86. The first-order valence-corrected chi connectivity index (χ1v) is 4.66. The second kappa shape index (κ2) is 6.10. The summed E-state index contributed by atoms with van der Waals surface area (Å²) < 4.78 is 9.35. The molecule has 0 radical (unpaired) electrons. The fraction of sp³-hybridized carbons (Fsp3) is 0.778. The second-order valence-electron chi connectivity index (χ2n) is 3.79. The molecule has 86 valence electrons. The van der Waals surface area contributed by atoms with E-state index in [1.165, 1.54) is 0 Å². The highest BCUT2D eigenvalue weighted by Crippen LogP contribution is 2.08. The van der Waals surface area contributed by atoms with Gasteiger partial charge in [-0.3, -0.25) is 0 Å². The minimum absolute atomic E-state index is 0.256. The molecule has 0 rings (SSSR count). The number of hydrogen-bond acceptors (Lipinski definition) is 4. The molecule has 2 amide bonds. The molecule has 0 aromatic rings. The molecule has 0 aromatic carbocycles. The predicted octanol–water partition coefficient (Wildman–Crippen LogP) is 2.92. The fourth-order valence-corrected chi connectivity index (χ4v) is 0.582. The number of carbonyl (C=O) groups excluding carboxylic acids is 2. The predicted molar refractivity (Wildman–Crippen MR) is 52.7 cm³/mol. The normalized spacial score (nSPS) is 11.5. The third-order valence-corrected chi connectivity index (χ3v) is 1.04. The number of ether oxygens (including phenoxy) is 2. The zero-order valence-electron chi connectivity index (χ0n) is 9.44. The minimum atomic E-state index is -0.907. The van der Waals surface area contributed by atoms with Crippen LogP contribution in [-0.4, -0.2) is 24.4 Å². The van der Waals surface area contributed by atoms with Gasteiger partial charge in [0.15, 0.2) is 0 Å². The van der Waals surface area contributed by atoms with Gasteiger partial charge in [0.05, 0.1) is 6.61 Å². The molecule has 0 unspecified atom stereocenters. The quantitative estimate of drug-likeness (QED) is 0.665. The second-order valence-corrected chi connectivity index (χ2v) is 3.79. The molecule has 0 heterocycles. The van der Waals surface area contributed by atoms with Gasteiger partial charge in [0.25, 0.3) is 0 Å². The zero-order valence-corrected chi connectivity index (χ0v) is 9.44. The average molecular weight is 216 g/mol. The van der Waals surface area contributed by atoms with Gasteiger partial charge < -0.3 is 9.47 Å². The maximum absolute atomic E-state index is 10.9. The Labute approximate surface area is 88.7 Å². The molecule has 0 fully saturated rings. The molecule has 15 heavy (non-hydrogen) atoms. The van der Waals surface area contributed by atoms with E-state index in [0.29, 0.717) is 6.42 Å². The Morgan fingerprint density at radius 3 is 2.13 bits per heavy atom. The van der Waals surface area contributed by atoms with Crippen LogP contribution in [0.3, 0.4) is 0 Å². The molecule has 6 nitrogen and oxygen atoms in total. The lowest BCUT2D eigenvalue weighted by Crippen LogP contribution is -2.21. The Morgan fingerprint density at radius 2 is 1.67 bits per heavy atom. The van der Waals surface area contributed by atoms with E-state index in [4.69, 9.17) is 4.74 Å². The average Bonchev–Trinajstić information content (AvgIpc) is 2.08. The molecule has 0 N–H and O–H groups in total. The molecular weight excluding hydrogens is 200 g/mol. The first-order chi connectivity index (χ1) is 6.85. The van der Waals surface area contributed by atoms with Crippen molar-refractivity contribution < 1.29 is 19.1 Å². The number of carbonyl (C=O) groups is 2. The van der Waals surface area contributed by atoms with E-state index in [-0.39, 0.29) is 6.61 Å². The van der Waals surface area contributed by atoms with Gasteiger partial charge in [0.1, 0.15) is 5.60 Å². The van der Waals surface area contributed by atoms with Gasteiger partial charge >= 0.3 is 12.2 Å². The van der Waals surface area contributed by atoms with Crippen LogP contribution >= 0.6 is 0 Å². The van der Waals surface area contributed by atoms with Gasteiger partial charge in [-0.05, 0) is 27.2 Å². The molecule has 0 aliphatic heterocycles. The Kier molecular flexibility index (Phi) is 5.51. The fourth-order valence-electron chi connectivity index (χ4n) is 0.582. The third-order valence-electron chi connectivity index (χ3n) is 1.04. The monoisotopic (exact) mass is 216 g/mol. The van der Waals surface area contributed by atoms with Gasteiger partial charge in [-0.25, -0.2) is 9.59 Å². The Morgan fingerprint density at radius 1 is 1.13 bits per heavy atom. The van der Waals surface area contributed by atoms with Crippen LogP contribution in [0.25, 0.3) is 0 Å². The van der Waals surface area contributed by atoms with E-state index in [0.717, 1.165) is 0 Å². The molecule has 0 atom stereocenters. The Bertz CT molecular complexity index is 255. The van der Waals surface area contributed by atoms with E-state index < -0.39 is 17.8 Å². The van der Waals surface area contributed by atoms with Crippen molar-refractivity contribution in [2.75, 3.05) is 6.61 Å². The summed E-state index contributed by atoms with van der Waals surface area (Å²) in [5.74, 6) is 0. The van der Waals surface area contributed by atoms with Gasteiger partial charge in [-0.15, -0.1) is 0 Å². The minimum Gasteiger partial charge on any atom is -0.447 e. The van der Waals surface area contributed by atoms with Crippen molar-refractivity contribution in [3.63, 3.8) is 0 Å². The summed E-state index contributed by atoms with van der Waals surface area (Å²) >= 11 is 0. The number of amides is 2. The lowest BCUT2D eigenvalue weighted by atomic mass is 10.2. The summed E-state index contributed by atoms with van der Waals surface area (Å²) in [4.78, 5) is 21.7. The van der Waals surface area contributed by atoms with E-state index >= 15 is 0 Å². The van der Waals surface area contributed by atoms with E-state index in [2.05, 4.69) is 15.0 Å². The van der Waals surface area contributed by atoms with Crippen molar-refractivity contribution in [3.8, 4) is 0 Å². The topological polar surface area (TPSA) is 77.3 Å². The Hall–Kier alpha value is -1.46. The van der Waals surface area contributed by atoms with Crippen LogP contribution < -0.4 is 0 Å². The molecular formula is C9H16N2O4. The Balaban J connectivity index is 3.95. The molecule has 0 spiro atoms. The summed E-state index contributed by atoms with van der Waals surface area (Å²) in [5, 5.41) is 6.09. The van der Waals surface area contributed by atoms with E-state index in [1.807, 2.05) is 6.92 Å². The summed E-state index contributed by atoms with van der Waals surface area (Å²) in [6.45, 7) is 7.17. The zero-order chi connectivity index (χ0) is 11.9. The molecule has 0 bridgehead atoms. The van der Waals surface area contributed by atoms with Crippen molar-refractivity contribution in [2.24, 2.45) is 10.2 Å². The lowest BCUT2D eigenvalue weighted by molar-refractivity contribution is 0.0586. The molecule has 0 aromatic heterocycles. The largest absolute Gasteiger partial charge is 0.453 e. The maximum Gasteiger partial charge on any atom is 0.453 e. The van der Waals surface area contributed by atoms with Crippen LogP contribution in [0.4, 0.5) is 9.59 Å². The number of azo groups is 1. The highest BCUT2D eigenvalue weighted by molar-refractivity contribution is 5.73. The summed E-state index contributed by atoms with van der Waals surface area (Å²) in [6.07, 6.45) is -1.10. The van der Waals surface area contributed by atoms with Crippen LogP contribution in [0, 0.1) is 0 Å². The van der Waals surface area contributed by atoms with Crippen LogP contribution in [0.1, 0.15) is 34.1 Å². The van der Waals surface area contributed by atoms with Gasteiger partial charge in [-0.1, -0.05) is 17.2 Å². The van der Waals surface area contributed by atoms with Crippen molar-refractivity contribution in [3.05, 3.63) is 0 Å². The van der Waals surface area contributed by atoms with Crippen LogP contribution in [0.15, 0.2) is 10.2 Å². The molecule has 0 aliphatic rings. The maximum atomic E-state index is 10.9. The number of hydrogen-bond donors (Lipinski definition) is 0. The number of nitrogens with zero attached hydrogens (tertiary/aromatic N) is 2. The van der Waals surface area contributed by atoms with E-state index in [9.17, 15) is 9.59 Å².